The van der Waals surface area contributed by atoms with Gasteiger partial charge in [-0.05, 0) is 17.7 Å². The zero-order chi connectivity index (χ0) is 17.1. The van der Waals surface area contributed by atoms with Crippen molar-refractivity contribution in [2.24, 2.45) is 7.05 Å². The van der Waals surface area contributed by atoms with Crippen LogP contribution in [-0.2, 0) is 7.05 Å². The minimum absolute atomic E-state index is 0.239. The van der Waals surface area contributed by atoms with Crippen molar-refractivity contribution in [1.82, 2.24) is 14.9 Å². The third-order valence-corrected chi connectivity index (χ3v) is 4.54. The highest BCUT2D eigenvalue weighted by molar-refractivity contribution is 6.43. The van der Waals surface area contributed by atoms with Crippen molar-refractivity contribution in [2.75, 3.05) is 0 Å². The number of aryl methyl sites for hydroxylation is 1. The number of aromatic nitrogens is 2. The van der Waals surface area contributed by atoms with E-state index in [0.29, 0.717) is 10.6 Å². The van der Waals surface area contributed by atoms with Gasteiger partial charge in [-0.1, -0.05) is 59.6 Å². The van der Waals surface area contributed by atoms with Gasteiger partial charge in [0.1, 0.15) is 11.9 Å². The summed E-state index contributed by atoms with van der Waals surface area (Å²) >= 11 is 12.2. The number of nitrogens with one attached hydrogen (secondary N) is 1. The SMILES string of the molecule is Cn1ccnc1C(NC(=O)c1cccc(Cl)c1Cl)c1ccccc1. The van der Waals surface area contributed by atoms with Crippen LogP contribution in [0.2, 0.25) is 10.0 Å². The molecule has 122 valence electrons. The van der Waals surface area contributed by atoms with Gasteiger partial charge in [0.25, 0.3) is 5.91 Å². The molecule has 3 rings (SSSR count). The molecule has 0 bridgehead atoms. The molecular weight excluding hydrogens is 345 g/mol. The van der Waals surface area contributed by atoms with Gasteiger partial charge in [0.2, 0.25) is 0 Å². The second kappa shape index (κ2) is 7.07. The number of imidazole rings is 1. The van der Waals surface area contributed by atoms with E-state index in [4.69, 9.17) is 23.2 Å². The molecule has 0 aliphatic carbocycles. The number of nitrogens with zero attached hydrogens (tertiary/aromatic N) is 2. The van der Waals surface area contributed by atoms with E-state index in [9.17, 15) is 4.79 Å². The lowest BCUT2D eigenvalue weighted by atomic mass is 10.1. The molecule has 1 heterocycles. The number of rotatable bonds is 4. The van der Waals surface area contributed by atoms with Crippen molar-refractivity contribution in [3.8, 4) is 0 Å². The first-order chi connectivity index (χ1) is 11.6. The zero-order valence-electron chi connectivity index (χ0n) is 12.9. The molecule has 2 aromatic carbocycles. The molecule has 3 aromatic rings. The standard InChI is InChI=1S/C18H15Cl2N3O/c1-23-11-10-21-17(23)16(12-6-3-2-4-7-12)22-18(24)13-8-5-9-14(19)15(13)20/h2-11,16H,1H3,(H,22,24). The van der Waals surface area contributed by atoms with Gasteiger partial charge in [-0.2, -0.15) is 0 Å². The van der Waals surface area contributed by atoms with Crippen LogP contribution < -0.4 is 5.32 Å². The number of carbonyl (C=O) groups is 1. The highest BCUT2D eigenvalue weighted by atomic mass is 35.5. The van der Waals surface area contributed by atoms with Crippen molar-refractivity contribution < 1.29 is 4.79 Å². The molecule has 24 heavy (non-hydrogen) atoms. The maximum atomic E-state index is 12.7. The first-order valence-corrected chi connectivity index (χ1v) is 8.10. The molecule has 1 aromatic heterocycles. The van der Waals surface area contributed by atoms with Gasteiger partial charge in [-0.3, -0.25) is 4.79 Å². The molecular formula is C18H15Cl2N3O. The molecule has 0 aliphatic rings. The molecule has 0 fully saturated rings. The lowest BCUT2D eigenvalue weighted by molar-refractivity contribution is 0.0941. The van der Waals surface area contributed by atoms with Gasteiger partial charge < -0.3 is 9.88 Å². The van der Waals surface area contributed by atoms with E-state index in [1.165, 1.54) is 0 Å². The van der Waals surface area contributed by atoms with Gasteiger partial charge in [0, 0.05) is 19.4 Å². The van der Waals surface area contributed by atoms with E-state index < -0.39 is 6.04 Å². The Morgan fingerprint density at radius 1 is 1.12 bits per heavy atom. The fourth-order valence-electron chi connectivity index (χ4n) is 2.49. The number of halogens is 2. The summed E-state index contributed by atoms with van der Waals surface area (Å²) in [6.45, 7) is 0. The highest BCUT2D eigenvalue weighted by Gasteiger charge is 2.22. The molecule has 1 unspecified atom stereocenters. The summed E-state index contributed by atoms with van der Waals surface area (Å²) in [6.07, 6.45) is 3.54. The molecule has 6 heteroatoms. The number of carbonyl (C=O) groups excluding carboxylic acids is 1. The van der Waals surface area contributed by atoms with E-state index in [1.807, 2.05) is 48.1 Å². The van der Waals surface area contributed by atoms with E-state index in [2.05, 4.69) is 10.3 Å². The first kappa shape index (κ1) is 16.6. The molecule has 1 amide bonds. The number of hydrogen-bond acceptors (Lipinski definition) is 2. The summed E-state index contributed by atoms with van der Waals surface area (Å²) in [5, 5.41) is 3.58. The van der Waals surface area contributed by atoms with E-state index in [1.54, 1.807) is 24.4 Å². The normalized spacial score (nSPS) is 12.0. The summed E-state index contributed by atoms with van der Waals surface area (Å²) in [7, 11) is 1.89. The van der Waals surface area contributed by atoms with Crippen LogP contribution >= 0.6 is 23.2 Å². The summed E-state index contributed by atoms with van der Waals surface area (Å²) < 4.78 is 1.87. The summed E-state index contributed by atoms with van der Waals surface area (Å²) in [5.74, 6) is 0.423. The van der Waals surface area contributed by atoms with Crippen molar-refractivity contribution >= 4 is 29.1 Å². The first-order valence-electron chi connectivity index (χ1n) is 7.35. The predicted molar refractivity (Wildman–Crippen MR) is 95.4 cm³/mol. The third-order valence-electron chi connectivity index (χ3n) is 3.72. The average Bonchev–Trinajstić information content (AvgIpc) is 3.01. The molecule has 0 spiro atoms. The maximum absolute atomic E-state index is 12.7. The molecule has 0 saturated carbocycles. The van der Waals surface area contributed by atoms with Gasteiger partial charge in [-0.25, -0.2) is 4.98 Å². The monoisotopic (exact) mass is 359 g/mol. The van der Waals surface area contributed by atoms with Gasteiger partial charge >= 0.3 is 0 Å². The molecule has 1 N–H and O–H groups in total. The Kier molecular flexibility index (Phi) is 4.88. The Morgan fingerprint density at radius 3 is 2.54 bits per heavy atom. The van der Waals surface area contributed by atoms with Crippen LogP contribution in [0.15, 0.2) is 60.9 Å². The van der Waals surface area contributed by atoms with Gasteiger partial charge in [-0.15, -0.1) is 0 Å². The van der Waals surface area contributed by atoms with Crippen LogP contribution in [0.4, 0.5) is 0 Å². The van der Waals surface area contributed by atoms with E-state index >= 15 is 0 Å². The van der Waals surface area contributed by atoms with Gasteiger partial charge in [0.05, 0.1) is 15.6 Å². The van der Waals surface area contributed by atoms with Crippen LogP contribution in [0.3, 0.4) is 0 Å². The Hall–Kier alpha value is -2.30. The second-order valence-corrected chi connectivity index (χ2v) is 6.10. The molecule has 0 saturated heterocycles. The largest absolute Gasteiger partial charge is 0.338 e. The lowest BCUT2D eigenvalue weighted by Gasteiger charge is -2.19. The Morgan fingerprint density at radius 2 is 1.88 bits per heavy atom. The summed E-state index contributed by atoms with van der Waals surface area (Å²) in [5.41, 5.74) is 1.26. The van der Waals surface area contributed by atoms with Crippen LogP contribution in [0.25, 0.3) is 0 Å². The van der Waals surface area contributed by atoms with E-state index in [0.717, 1.165) is 11.4 Å². The Labute approximate surface area is 150 Å². The minimum atomic E-state index is -0.395. The van der Waals surface area contributed by atoms with Crippen LogP contribution in [-0.4, -0.2) is 15.5 Å². The number of benzene rings is 2. The fraction of sp³-hybridized carbons (Fsp3) is 0.111. The predicted octanol–water partition coefficient (Wildman–Crippen LogP) is 4.25. The molecule has 0 radical (unpaired) electrons. The number of amides is 1. The van der Waals surface area contributed by atoms with Crippen LogP contribution in [0, 0.1) is 0 Å². The Bertz CT molecular complexity index is 862. The molecule has 1 atom stereocenters. The smallest absolute Gasteiger partial charge is 0.253 e. The lowest BCUT2D eigenvalue weighted by Crippen LogP contribution is -2.31. The average molecular weight is 360 g/mol. The van der Waals surface area contributed by atoms with E-state index in [-0.39, 0.29) is 10.9 Å². The zero-order valence-corrected chi connectivity index (χ0v) is 14.4. The van der Waals surface area contributed by atoms with Crippen molar-refractivity contribution in [3.05, 3.63) is 87.9 Å². The molecule has 0 aliphatic heterocycles. The quantitative estimate of drug-likeness (QED) is 0.756. The van der Waals surface area contributed by atoms with Gasteiger partial charge in [0.15, 0.2) is 0 Å². The van der Waals surface area contributed by atoms with Crippen LogP contribution in [0.5, 0.6) is 0 Å². The maximum Gasteiger partial charge on any atom is 0.253 e. The number of hydrogen-bond donors (Lipinski definition) is 1. The van der Waals surface area contributed by atoms with Crippen molar-refractivity contribution in [3.63, 3.8) is 0 Å². The second-order valence-electron chi connectivity index (χ2n) is 5.31. The van der Waals surface area contributed by atoms with Crippen molar-refractivity contribution in [1.29, 1.82) is 0 Å². The summed E-state index contributed by atoms with van der Waals surface area (Å²) in [6, 6.07) is 14.2. The Balaban J connectivity index is 1.97. The summed E-state index contributed by atoms with van der Waals surface area (Å²) in [4.78, 5) is 17.1. The highest BCUT2D eigenvalue weighted by Crippen LogP contribution is 2.27. The topological polar surface area (TPSA) is 46.9 Å². The van der Waals surface area contributed by atoms with Crippen LogP contribution in [0.1, 0.15) is 27.8 Å². The fourth-order valence-corrected chi connectivity index (χ4v) is 2.87. The van der Waals surface area contributed by atoms with Crippen molar-refractivity contribution in [2.45, 2.75) is 6.04 Å². The minimum Gasteiger partial charge on any atom is -0.338 e. The molecule has 4 nitrogen and oxygen atoms in total. The third kappa shape index (κ3) is 3.30.